The van der Waals surface area contributed by atoms with Gasteiger partial charge in [0, 0.05) is 29.4 Å². The molecule has 0 aliphatic heterocycles. The summed E-state index contributed by atoms with van der Waals surface area (Å²) in [5, 5.41) is 7.15. The van der Waals surface area contributed by atoms with Crippen molar-refractivity contribution in [3.05, 3.63) is 32.2 Å². The number of carbonyl (C=O) groups excluding carboxylic acids is 1. The molecule has 0 aromatic carbocycles. The van der Waals surface area contributed by atoms with Gasteiger partial charge in [-0.15, -0.1) is 22.7 Å². The third-order valence-corrected chi connectivity index (χ3v) is 5.77. The van der Waals surface area contributed by atoms with Crippen LogP contribution in [0.3, 0.4) is 0 Å². The number of rotatable bonds is 6. The predicted molar refractivity (Wildman–Crippen MR) is 89.3 cm³/mol. The summed E-state index contributed by atoms with van der Waals surface area (Å²) in [6.45, 7) is 3.14. The van der Waals surface area contributed by atoms with E-state index in [-0.39, 0.29) is 6.03 Å². The van der Waals surface area contributed by atoms with Gasteiger partial charge in [-0.2, -0.15) is 0 Å². The van der Waals surface area contributed by atoms with Gasteiger partial charge in [0.1, 0.15) is 5.01 Å². The van der Waals surface area contributed by atoms with Crippen LogP contribution in [-0.2, 0) is 19.5 Å². The van der Waals surface area contributed by atoms with Gasteiger partial charge in [0.05, 0.1) is 23.8 Å². The molecule has 0 atom stereocenters. The van der Waals surface area contributed by atoms with Crippen molar-refractivity contribution >= 4 is 28.7 Å². The van der Waals surface area contributed by atoms with Gasteiger partial charge in [0.2, 0.25) is 0 Å². The quantitative estimate of drug-likeness (QED) is 0.880. The number of nitrogens with one attached hydrogen (secondary N) is 1. The van der Waals surface area contributed by atoms with Crippen molar-refractivity contribution in [2.45, 2.75) is 45.2 Å². The van der Waals surface area contributed by atoms with Crippen LogP contribution in [0.15, 0.2) is 11.6 Å². The fourth-order valence-corrected chi connectivity index (χ4v) is 3.99. The average molecular weight is 336 g/mol. The van der Waals surface area contributed by atoms with E-state index in [0.717, 1.165) is 17.1 Å². The van der Waals surface area contributed by atoms with E-state index in [1.54, 1.807) is 34.6 Å². The van der Waals surface area contributed by atoms with Crippen LogP contribution >= 0.6 is 22.7 Å². The molecule has 2 aromatic rings. The standard InChI is InChI=1S/C15H20N4OS2/c1-3-12-7-16-13(22-12)8-19(2)15(20)17-6-11-9-21-14(18-11)10-4-5-10/h7,9-10H,3-6,8H2,1-2H3,(H,17,20). The fraction of sp³-hybridized carbons (Fsp3) is 0.533. The molecule has 118 valence electrons. The Kier molecular flexibility index (Phi) is 4.73. The Labute approximate surface area is 138 Å². The Balaban J connectivity index is 1.47. The molecule has 0 bridgehead atoms. The minimum absolute atomic E-state index is 0.0887. The monoisotopic (exact) mass is 336 g/mol. The van der Waals surface area contributed by atoms with Gasteiger partial charge in [-0.25, -0.2) is 14.8 Å². The third-order valence-electron chi connectivity index (χ3n) is 3.59. The average Bonchev–Trinajstić information content (AvgIpc) is 3.09. The number of hydrogen-bond donors (Lipinski definition) is 1. The van der Waals surface area contributed by atoms with Crippen molar-refractivity contribution in [2.75, 3.05) is 7.05 Å². The Morgan fingerprint density at radius 3 is 3.00 bits per heavy atom. The van der Waals surface area contributed by atoms with Gasteiger partial charge in [0.15, 0.2) is 0 Å². The van der Waals surface area contributed by atoms with Crippen LogP contribution < -0.4 is 5.32 Å². The van der Waals surface area contributed by atoms with E-state index < -0.39 is 0 Å². The zero-order valence-electron chi connectivity index (χ0n) is 12.8. The summed E-state index contributed by atoms with van der Waals surface area (Å²) in [6.07, 6.45) is 5.40. The lowest BCUT2D eigenvalue weighted by molar-refractivity contribution is 0.206. The van der Waals surface area contributed by atoms with Crippen LogP contribution in [0.2, 0.25) is 0 Å². The lowest BCUT2D eigenvalue weighted by Crippen LogP contribution is -2.36. The Hall–Kier alpha value is -1.47. The van der Waals surface area contributed by atoms with Crippen molar-refractivity contribution in [2.24, 2.45) is 0 Å². The van der Waals surface area contributed by atoms with Crippen molar-refractivity contribution in [3.63, 3.8) is 0 Å². The molecule has 3 rings (SSSR count). The zero-order chi connectivity index (χ0) is 15.5. The first kappa shape index (κ1) is 15.4. The summed E-state index contributed by atoms with van der Waals surface area (Å²) >= 11 is 3.37. The molecule has 5 nitrogen and oxygen atoms in total. The summed E-state index contributed by atoms with van der Waals surface area (Å²) in [4.78, 5) is 23.9. The lowest BCUT2D eigenvalue weighted by atomic mass is 10.4. The molecule has 0 saturated heterocycles. The van der Waals surface area contributed by atoms with Crippen LogP contribution in [-0.4, -0.2) is 27.9 Å². The molecular weight excluding hydrogens is 316 g/mol. The lowest BCUT2D eigenvalue weighted by Gasteiger charge is -2.16. The van der Waals surface area contributed by atoms with E-state index in [1.165, 1.54) is 22.7 Å². The highest BCUT2D eigenvalue weighted by molar-refractivity contribution is 7.11. The van der Waals surface area contributed by atoms with E-state index in [9.17, 15) is 4.79 Å². The summed E-state index contributed by atoms with van der Waals surface area (Å²) < 4.78 is 0. The fourth-order valence-electron chi connectivity index (χ4n) is 2.08. The largest absolute Gasteiger partial charge is 0.332 e. The second kappa shape index (κ2) is 6.75. The number of amides is 2. The summed E-state index contributed by atoms with van der Waals surface area (Å²) in [6, 6.07) is -0.0887. The number of thiazole rings is 2. The van der Waals surface area contributed by atoms with Crippen molar-refractivity contribution in [3.8, 4) is 0 Å². The molecule has 7 heteroatoms. The Morgan fingerprint density at radius 2 is 2.32 bits per heavy atom. The van der Waals surface area contributed by atoms with Crippen LogP contribution in [0.25, 0.3) is 0 Å². The molecule has 1 fully saturated rings. The number of nitrogens with zero attached hydrogens (tertiary/aromatic N) is 3. The molecular formula is C15H20N4OS2. The first-order chi connectivity index (χ1) is 10.7. The molecule has 0 spiro atoms. The van der Waals surface area contributed by atoms with Crippen molar-refractivity contribution < 1.29 is 4.79 Å². The number of aryl methyl sites for hydroxylation is 1. The topological polar surface area (TPSA) is 58.1 Å². The van der Waals surface area contributed by atoms with Crippen LogP contribution in [0.4, 0.5) is 4.79 Å². The minimum atomic E-state index is -0.0887. The Morgan fingerprint density at radius 1 is 1.50 bits per heavy atom. The highest BCUT2D eigenvalue weighted by atomic mass is 32.1. The smallest absolute Gasteiger partial charge is 0.317 e. The number of carbonyl (C=O) groups is 1. The normalized spacial score (nSPS) is 14.1. The number of urea groups is 1. The first-order valence-corrected chi connectivity index (χ1v) is 9.22. The molecule has 1 aliphatic rings. The molecule has 0 radical (unpaired) electrons. The first-order valence-electron chi connectivity index (χ1n) is 7.52. The summed E-state index contributed by atoms with van der Waals surface area (Å²) in [5.74, 6) is 0.676. The zero-order valence-corrected chi connectivity index (χ0v) is 14.5. The molecule has 1 aliphatic carbocycles. The maximum Gasteiger partial charge on any atom is 0.317 e. The molecule has 22 heavy (non-hydrogen) atoms. The maximum absolute atomic E-state index is 12.1. The molecule has 2 aromatic heterocycles. The van der Waals surface area contributed by atoms with Crippen molar-refractivity contribution in [1.82, 2.24) is 20.2 Å². The molecule has 1 saturated carbocycles. The molecule has 1 N–H and O–H groups in total. The predicted octanol–water partition coefficient (Wildman–Crippen LogP) is 3.38. The van der Waals surface area contributed by atoms with Crippen LogP contribution in [0.1, 0.15) is 46.3 Å². The molecule has 0 unspecified atom stereocenters. The van der Waals surface area contributed by atoms with E-state index >= 15 is 0 Å². The summed E-state index contributed by atoms with van der Waals surface area (Å²) in [5.41, 5.74) is 0.955. The van der Waals surface area contributed by atoms with Gasteiger partial charge < -0.3 is 10.2 Å². The maximum atomic E-state index is 12.1. The van der Waals surface area contributed by atoms with Gasteiger partial charge in [-0.05, 0) is 19.3 Å². The van der Waals surface area contributed by atoms with E-state index in [4.69, 9.17) is 0 Å². The minimum Gasteiger partial charge on any atom is -0.332 e. The van der Waals surface area contributed by atoms with Gasteiger partial charge in [0.25, 0.3) is 0 Å². The van der Waals surface area contributed by atoms with E-state index in [2.05, 4.69) is 22.2 Å². The van der Waals surface area contributed by atoms with Crippen LogP contribution in [0, 0.1) is 0 Å². The second-order valence-corrected chi connectivity index (χ2v) is 7.63. The highest BCUT2D eigenvalue weighted by Crippen LogP contribution is 2.41. The SMILES string of the molecule is CCc1cnc(CN(C)C(=O)NCc2csc(C3CC3)n2)s1. The molecule has 2 heterocycles. The van der Waals surface area contributed by atoms with Crippen LogP contribution in [0.5, 0.6) is 0 Å². The van der Waals surface area contributed by atoms with E-state index in [0.29, 0.717) is 19.0 Å². The Bertz CT molecular complexity index is 648. The highest BCUT2D eigenvalue weighted by Gasteiger charge is 2.26. The third kappa shape index (κ3) is 3.84. The number of hydrogen-bond acceptors (Lipinski definition) is 5. The van der Waals surface area contributed by atoms with Crippen molar-refractivity contribution in [1.29, 1.82) is 0 Å². The molecule has 2 amide bonds. The van der Waals surface area contributed by atoms with Gasteiger partial charge in [-0.1, -0.05) is 6.92 Å². The second-order valence-electron chi connectivity index (χ2n) is 5.54. The van der Waals surface area contributed by atoms with Gasteiger partial charge in [-0.3, -0.25) is 0 Å². The van der Waals surface area contributed by atoms with Gasteiger partial charge >= 0.3 is 6.03 Å². The number of aromatic nitrogens is 2. The van der Waals surface area contributed by atoms with E-state index in [1.807, 2.05) is 11.6 Å². The summed E-state index contributed by atoms with van der Waals surface area (Å²) in [7, 11) is 1.79.